The molecule has 1 aromatic rings. The SMILES string of the molecule is CCCC[C@H](NCC1CCC(NC(=O)OC(C)(C)C)CC1)c1cccc2c1CN([C@H]1CCC(=O)NC1=O)C2=O. The van der Waals surface area contributed by atoms with Crippen LogP contribution in [0.2, 0.25) is 0 Å². The highest BCUT2D eigenvalue weighted by molar-refractivity contribution is 6.05. The Balaban J connectivity index is 1.38. The molecule has 1 aliphatic carbocycles. The first-order chi connectivity index (χ1) is 18.6. The van der Waals surface area contributed by atoms with Gasteiger partial charge >= 0.3 is 6.09 Å². The van der Waals surface area contributed by atoms with E-state index >= 15 is 0 Å². The Morgan fingerprint density at radius 3 is 2.54 bits per heavy atom. The van der Waals surface area contributed by atoms with Crippen molar-refractivity contribution < 1.29 is 23.9 Å². The molecule has 1 aromatic carbocycles. The van der Waals surface area contributed by atoms with Crippen molar-refractivity contribution >= 4 is 23.8 Å². The summed E-state index contributed by atoms with van der Waals surface area (Å²) in [5, 5.41) is 9.22. The van der Waals surface area contributed by atoms with E-state index in [9.17, 15) is 19.2 Å². The molecule has 0 bridgehead atoms. The molecule has 3 aliphatic rings. The van der Waals surface area contributed by atoms with Gasteiger partial charge in [0.05, 0.1) is 0 Å². The van der Waals surface area contributed by atoms with Gasteiger partial charge < -0.3 is 20.3 Å². The minimum Gasteiger partial charge on any atom is -0.444 e. The van der Waals surface area contributed by atoms with Crippen LogP contribution in [0.5, 0.6) is 0 Å². The molecule has 4 amide bonds. The minimum absolute atomic E-state index is 0.118. The van der Waals surface area contributed by atoms with Crippen LogP contribution in [0.1, 0.15) is 113 Å². The van der Waals surface area contributed by atoms with Crippen LogP contribution >= 0.6 is 0 Å². The minimum atomic E-state index is -0.609. The molecular formula is C30H44N4O5. The number of fused-ring (bicyclic) bond motifs is 1. The van der Waals surface area contributed by atoms with E-state index in [0.717, 1.165) is 62.6 Å². The number of nitrogens with zero attached hydrogens (tertiary/aromatic N) is 1. The molecule has 2 aliphatic heterocycles. The second-order valence-corrected chi connectivity index (χ2v) is 12.2. The number of unbranched alkanes of at least 4 members (excludes halogenated alkanes) is 1. The molecule has 214 valence electrons. The Hall–Kier alpha value is -2.94. The lowest BCUT2D eigenvalue weighted by Gasteiger charge is -2.32. The summed E-state index contributed by atoms with van der Waals surface area (Å²) in [7, 11) is 0. The first-order valence-electron chi connectivity index (χ1n) is 14.5. The third kappa shape index (κ3) is 7.38. The molecule has 9 nitrogen and oxygen atoms in total. The van der Waals surface area contributed by atoms with Gasteiger partial charge in [-0.15, -0.1) is 0 Å². The molecule has 1 saturated carbocycles. The van der Waals surface area contributed by atoms with Crippen molar-refractivity contribution in [3.05, 3.63) is 34.9 Å². The summed E-state index contributed by atoms with van der Waals surface area (Å²) in [4.78, 5) is 51.2. The van der Waals surface area contributed by atoms with E-state index in [4.69, 9.17) is 4.74 Å². The quantitative estimate of drug-likeness (QED) is 0.401. The first kappa shape index (κ1) is 29.1. The Bertz CT molecular complexity index is 1070. The van der Waals surface area contributed by atoms with E-state index in [0.29, 0.717) is 24.4 Å². The van der Waals surface area contributed by atoms with E-state index in [1.165, 1.54) is 0 Å². The fourth-order valence-electron chi connectivity index (χ4n) is 6.01. The Morgan fingerprint density at radius 2 is 1.87 bits per heavy atom. The maximum atomic E-state index is 13.3. The maximum absolute atomic E-state index is 13.3. The summed E-state index contributed by atoms with van der Waals surface area (Å²) in [6, 6.07) is 5.55. The molecular weight excluding hydrogens is 496 g/mol. The monoisotopic (exact) mass is 540 g/mol. The highest BCUT2D eigenvalue weighted by Crippen LogP contribution is 2.34. The lowest BCUT2D eigenvalue weighted by Crippen LogP contribution is -2.52. The van der Waals surface area contributed by atoms with Gasteiger partial charge in [-0.1, -0.05) is 31.9 Å². The smallest absolute Gasteiger partial charge is 0.407 e. The second kappa shape index (κ2) is 12.5. The molecule has 4 rings (SSSR count). The predicted octanol–water partition coefficient (Wildman–Crippen LogP) is 4.35. The first-order valence-corrected chi connectivity index (χ1v) is 14.5. The Kier molecular flexibility index (Phi) is 9.31. The van der Waals surface area contributed by atoms with Crippen molar-refractivity contribution in [1.29, 1.82) is 0 Å². The zero-order valence-corrected chi connectivity index (χ0v) is 23.8. The summed E-state index contributed by atoms with van der Waals surface area (Å²) < 4.78 is 5.41. The van der Waals surface area contributed by atoms with Crippen LogP contribution in [-0.4, -0.2) is 52.9 Å². The molecule has 39 heavy (non-hydrogen) atoms. The van der Waals surface area contributed by atoms with Crippen molar-refractivity contribution in [2.75, 3.05) is 6.54 Å². The molecule has 1 saturated heterocycles. The van der Waals surface area contributed by atoms with Gasteiger partial charge in [0.2, 0.25) is 11.8 Å². The normalized spacial score (nSPS) is 24.3. The fourth-order valence-corrected chi connectivity index (χ4v) is 6.01. The molecule has 9 heteroatoms. The van der Waals surface area contributed by atoms with Crippen molar-refractivity contribution in [3.63, 3.8) is 0 Å². The molecule has 0 aromatic heterocycles. The van der Waals surface area contributed by atoms with Crippen molar-refractivity contribution in [1.82, 2.24) is 20.9 Å². The number of carbonyl (C=O) groups is 4. The van der Waals surface area contributed by atoms with E-state index in [1.54, 1.807) is 4.90 Å². The van der Waals surface area contributed by atoms with Gasteiger partial charge in [0.1, 0.15) is 11.6 Å². The lowest BCUT2D eigenvalue weighted by molar-refractivity contribution is -0.136. The van der Waals surface area contributed by atoms with Gasteiger partial charge in [-0.3, -0.25) is 19.7 Å². The number of hydrogen-bond donors (Lipinski definition) is 3. The number of piperidine rings is 1. The van der Waals surface area contributed by atoms with Crippen LogP contribution in [-0.2, 0) is 20.9 Å². The largest absolute Gasteiger partial charge is 0.444 e. The van der Waals surface area contributed by atoms with Crippen LogP contribution in [0, 0.1) is 5.92 Å². The number of benzene rings is 1. The molecule has 3 N–H and O–H groups in total. The highest BCUT2D eigenvalue weighted by Gasteiger charge is 2.40. The van der Waals surface area contributed by atoms with Crippen LogP contribution in [0.3, 0.4) is 0 Å². The van der Waals surface area contributed by atoms with E-state index in [2.05, 4.69) is 28.9 Å². The molecule has 2 heterocycles. The lowest BCUT2D eigenvalue weighted by atomic mass is 9.85. The summed E-state index contributed by atoms with van der Waals surface area (Å²) in [5.41, 5.74) is 2.28. The predicted molar refractivity (Wildman–Crippen MR) is 148 cm³/mol. The summed E-state index contributed by atoms with van der Waals surface area (Å²) >= 11 is 0. The Labute approximate surface area is 231 Å². The number of alkyl carbamates (subject to hydrolysis) is 1. The third-order valence-corrected chi connectivity index (χ3v) is 8.06. The fraction of sp³-hybridized carbons (Fsp3) is 0.667. The van der Waals surface area contributed by atoms with E-state index in [1.807, 2.05) is 32.9 Å². The second-order valence-electron chi connectivity index (χ2n) is 12.2. The van der Waals surface area contributed by atoms with Gasteiger partial charge in [0.25, 0.3) is 5.91 Å². The number of ether oxygens (including phenoxy) is 1. The zero-order chi connectivity index (χ0) is 28.2. The number of nitrogens with one attached hydrogen (secondary N) is 3. The van der Waals surface area contributed by atoms with Crippen LogP contribution in [0.25, 0.3) is 0 Å². The van der Waals surface area contributed by atoms with Crippen LogP contribution in [0.15, 0.2) is 18.2 Å². The van der Waals surface area contributed by atoms with Gasteiger partial charge in [0, 0.05) is 30.6 Å². The van der Waals surface area contributed by atoms with E-state index < -0.39 is 11.6 Å². The van der Waals surface area contributed by atoms with Crippen molar-refractivity contribution in [2.45, 2.75) is 116 Å². The molecule has 0 unspecified atom stereocenters. The van der Waals surface area contributed by atoms with Gasteiger partial charge in [-0.05, 0) is 89.0 Å². The maximum Gasteiger partial charge on any atom is 0.407 e. The molecule has 2 fully saturated rings. The van der Waals surface area contributed by atoms with Crippen molar-refractivity contribution in [2.24, 2.45) is 5.92 Å². The van der Waals surface area contributed by atoms with Gasteiger partial charge in [-0.2, -0.15) is 0 Å². The number of amides is 4. The summed E-state index contributed by atoms with van der Waals surface area (Å²) in [5.74, 6) is -0.276. The zero-order valence-electron chi connectivity index (χ0n) is 23.8. The summed E-state index contributed by atoms with van der Waals surface area (Å²) in [6.45, 7) is 9.06. The third-order valence-electron chi connectivity index (χ3n) is 8.06. The summed E-state index contributed by atoms with van der Waals surface area (Å²) in [6.07, 6.45) is 7.31. The number of hydrogen-bond acceptors (Lipinski definition) is 6. The number of rotatable bonds is 9. The molecule has 2 atom stereocenters. The molecule has 0 radical (unpaired) electrons. The topological polar surface area (TPSA) is 117 Å². The van der Waals surface area contributed by atoms with Crippen LogP contribution < -0.4 is 16.0 Å². The number of imide groups is 1. The number of carbonyl (C=O) groups excluding carboxylic acids is 4. The van der Waals surface area contributed by atoms with E-state index in [-0.39, 0.29) is 42.3 Å². The average Bonchev–Trinajstić information content (AvgIpc) is 3.20. The standard InChI is InChI=1S/C30H44N4O5/c1-5-6-10-24(31-17-19-11-13-20(14-12-19)32-29(38)39-30(2,3)4)21-8-7-9-22-23(21)18-34(28(22)37)25-15-16-26(35)33-27(25)36/h7-9,19-20,24-25,31H,5-6,10-18H2,1-4H3,(H,32,38)(H,33,35,36)/t19?,20?,24-,25-/m0/s1. The van der Waals surface area contributed by atoms with Crippen LogP contribution in [0.4, 0.5) is 4.79 Å². The Morgan fingerprint density at radius 1 is 1.13 bits per heavy atom. The van der Waals surface area contributed by atoms with Gasteiger partial charge in [-0.25, -0.2) is 4.79 Å². The highest BCUT2D eigenvalue weighted by atomic mass is 16.6. The average molecular weight is 541 g/mol. The molecule has 0 spiro atoms. The van der Waals surface area contributed by atoms with Gasteiger partial charge in [0.15, 0.2) is 0 Å². The van der Waals surface area contributed by atoms with Crippen molar-refractivity contribution in [3.8, 4) is 0 Å².